The molecule has 0 bridgehead atoms. The number of benzene rings is 2. The molecule has 0 fully saturated rings. The average Bonchev–Trinajstić information content (AvgIpc) is 2.91. The molecule has 2 aromatic carbocycles. The molecule has 2 N–H and O–H groups in total. The van der Waals surface area contributed by atoms with Crippen molar-refractivity contribution in [3.8, 4) is 0 Å². The van der Waals surface area contributed by atoms with Crippen LogP contribution in [0.25, 0.3) is 0 Å². The van der Waals surface area contributed by atoms with Crippen LogP contribution in [-0.2, 0) is 38.8 Å². The summed E-state index contributed by atoms with van der Waals surface area (Å²) in [6.45, 7) is 5.50. The Morgan fingerprint density at radius 1 is 0.875 bits per heavy atom. The maximum absolute atomic E-state index is 12.8. The minimum absolute atomic E-state index is 0.0493. The van der Waals surface area contributed by atoms with Gasteiger partial charge in [0.2, 0.25) is 0 Å². The van der Waals surface area contributed by atoms with Gasteiger partial charge in [0.1, 0.15) is 30.7 Å². The lowest BCUT2D eigenvalue weighted by Crippen LogP contribution is -2.44. The normalized spacial score (nSPS) is 11.7. The summed E-state index contributed by atoms with van der Waals surface area (Å²) in [5, 5.41) is 4.99. The van der Waals surface area contributed by atoms with Crippen LogP contribution in [0, 0.1) is 0 Å². The molecule has 11 heteroatoms. The molecule has 0 radical (unpaired) electrons. The summed E-state index contributed by atoms with van der Waals surface area (Å²) in [5.74, 6) is -0.568. The highest BCUT2D eigenvalue weighted by molar-refractivity contribution is 5.83. The maximum Gasteiger partial charge on any atom is 0.413 e. The van der Waals surface area contributed by atoms with E-state index in [-0.39, 0.29) is 32.0 Å². The molecular formula is C29H34N4O7. The van der Waals surface area contributed by atoms with Crippen LogP contribution in [0.2, 0.25) is 0 Å². The summed E-state index contributed by atoms with van der Waals surface area (Å²) in [7, 11) is 0. The summed E-state index contributed by atoms with van der Waals surface area (Å²) < 4.78 is 17.2. The predicted octanol–water partition coefficient (Wildman–Crippen LogP) is 4.41. The third kappa shape index (κ3) is 10.6. The van der Waals surface area contributed by atoms with Crippen LogP contribution in [0.3, 0.4) is 0 Å². The number of carbonyl (C=O) groups excluding carboxylic acids is 3. The number of hydrogen-bond acceptors (Lipinski definition) is 8. The molecule has 0 aliphatic heterocycles. The Morgan fingerprint density at radius 2 is 1.48 bits per heavy atom. The van der Waals surface area contributed by atoms with Crippen molar-refractivity contribution < 1.29 is 28.6 Å². The van der Waals surface area contributed by atoms with Gasteiger partial charge in [-0.15, -0.1) is 0 Å². The number of hydrogen-bond donors (Lipinski definition) is 2. The van der Waals surface area contributed by atoms with Gasteiger partial charge in [-0.05, 0) is 50.8 Å². The first-order valence-corrected chi connectivity index (χ1v) is 12.8. The topological polar surface area (TPSA) is 138 Å². The molecule has 40 heavy (non-hydrogen) atoms. The molecule has 0 saturated carbocycles. The lowest BCUT2D eigenvalue weighted by molar-refractivity contribution is -0.147. The first-order chi connectivity index (χ1) is 19.1. The van der Waals surface area contributed by atoms with Crippen LogP contribution in [0.4, 0.5) is 15.4 Å². The number of aryl methyl sites for hydroxylation is 1. The van der Waals surface area contributed by atoms with Gasteiger partial charge in [0.15, 0.2) is 0 Å². The number of nitrogens with one attached hydrogen (secondary N) is 2. The molecule has 0 aliphatic carbocycles. The van der Waals surface area contributed by atoms with E-state index in [0.29, 0.717) is 6.42 Å². The molecule has 1 atom stereocenters. The molecule has 0 saturated heterocycles. The van der Waals surface area contributed by atoms with Gasteiger partial charge in [-0.1, -0.05) is 60.7 Å². The highest BCUT2D eigenvalue weighted by Gasteiger charge is 2.25. The van der Waals surface area contributed by atoms with Crippen molar-refractivity contribution in [3.63, 3.8) is 0 Å². The molecular weight excluding hydrogens is 516 g/mol. The number of anilines is 1. The number of esters is 1. The predicted molar refractivity (Wildman–Crippen MR) is 147 cm³/mol. The zero-order valence-electron chi connectivity index (χ0n) is 22.8. The zero-order valence-corrected chi connectivity index (χ0v) is 22.8. The number of nitrogens with zero attached hydrogens (tertiary/aromatic N) is 2. The molecule has 11 nitrogen and oxygen atoms in total. The summed E-state index contributed by atoms with van der Waals surface area (Å²) in [5.41, 5.74) is 0.293. The van der Waals surface area contributed by atoms with Crippen LogP contribution < -0.4 is 16.3 Å². The lowest BCUT2D eigenvalue weighted by atomic mass is 10.1. The second kappa shape index (κ2) is 14.5. The average molecular weight is 551 g/mol. The second-order valence-corrected chi connectivity index (χ2v) is 9.91. The summed E-state index contributed by atoms with van der Waals surface area (Å²) >= 11 is 0. The minimum Gasteiger partial charge on any atom is -0.459 e. The van der Waals surface area contributed by atoms with E-state index in [1.54, 1.807) is 20.8 Å². The summed E-state index contributed by atoms with van der Waals surface area (Å²) in [4.78, 5) is 53.5. The van der Waals surface area contributed by atoms with Crippen molar-refractivity contribution in [2.45, 2.75) is 65.0 Å². The van der Waals surface area contributed by atoms with Gasteiger partial charge >= 0.3 is 23.8 Å². The Kier molecular flexibility index (Phi) is 10.8. The van der Waals surface area contributed by atoms with Crippen molar-refractivity contribution in [1.82, 2.24) is 14.9 Å². The number of aromatic nitrogens is 2. The van der Waals surface area contributed by atoms with Gasteiger partial charge in [0, 0.05) is 12.7 Å². The first kappa shape index (κ1) is 29.9. The van der Waals surface area contributed by atoms with Crippen molar-refractivity contribution in [1.29, 1.82) is 0 Å². The number of amides is 2. The Balaban J connectivity index is 1.54. The van der Waals surface area contributed by atoms with Crippen LogP contribution in [0.1, 0.15) is 44.7 Å². The molecule has 2 amide bonds. The molecule has 3 rings (SSSR count). The Hall–Kier alpha value is -4.67. The molecule has 212 valence electrons. The Morgan fingerprint density at radius 3 is 2.05 bits per heavy atom. The van der Waals surface area contributed by atoms with E-state index >= 15 is 0 Å². The standard InChI is InChI=1S/C29H34N4O7/c1-29(2,3)40-28(37)30-23(25(34)38-19-21-11-6-4-7-12-21)15-10-17-33-18-16-24(31-26(33)35)32-27(36)39-20-22-13-8-5-9-14-22/h4-9,11-14,16,18,23H,10,15,17,19-20H2,1-3H3,(H,30,37)(H,31,32,35,36)/t23-/m0/s1. The van der Waals surface area contributed by atoms with Gasteiger partial charge in [0.05, 0.1) is 0 Å². The fraction of sp³-hybridized carbons (Fsp3) is 0.345. The fourth-order valence-corrected chi connectivity index (χ4v) is 3.53. The molecule has 0 aliphatic rings. The molecule has 1 heterocycles. The van der Waals surface area contributed by atoms with Gasteiger partial charge in [0.25, 0.3) is 0 Å². The van der Waals surface area contributed by atoms with Crippen molar-refractivity contribution >= 4 is 24.0 Å². The molecule has 1 aromatic heterocycles. The monoisotopic (exact) mass is 550 g/mol. The van der Waals surface area contributed by atoms with Crippen LogP contribution in [0.15, 0.2) is 77.7 Å². The van der Waals surface area contributed by atoms with E-state index in [4.69, 9.17) is 14.2 Å². The van der Waals surface area contributed by atoms with E-state index in [9.17, 15) is 19.2 Å². The zero-order chi connectivity index (χ0) is 29.0. The first-order valence-electron chi connectivity index (χ1n) is 12.8. The maximum atomic E-state index is 12.8. The van der Waals surface area contributed by atoms with Gasteiger partial charge < -0.3 is 19.5 Å². The molecule has 0 spiro atoms. The quantitative estimate of drug-likeness (QED) is 0.265. The van der Waals surface area contributed by atoms with Crippen molar-refractivity contribution in [2.24, 2.45) is 0 Å². The largest absolute Gasteiger partial charge is 0.459 e. The lowest BCUT2D eigenvalue weighted by Gasteiger charge is -2.23. The number of ether oxygens (including phenoxy) is 3. The van der Waals surface area contributed by atoms with E-state index in [2.05, 4.69) is 15.6 Å². The fourth-order valence-electron chi connectivity index (χ4n) is 3.53. The van der Waals surface area contributed by atoms with E-state index in [1.165, 1.54) is 16.8 Å². The molecule has 3 aromatic rings. The Bertz CT molecular complexity index is 1320. The highest BCUT2D eigenvalue weighted by Crippen LogP contribution is 2.10. The van der Waals surface area contributed by atoms with E-state index in [1.807, 2.05) is 60.7 Å². The number of rotatable bonds is 11. The van der Waals surface area contributed by atoms with Crippen LogP contribution in [-0.4, -0.2) is 39.3 Å². The van der Waals surface area contributed by atoms with Crippen molar-refractivity contribution in [3.05, 3.63) is 94.5 Å². The SMILES string of the molecule is CC(C)(C)OC(=O)N[C@@H](CCCn1ccc(NC(=O)OCc2ccccc2)nc1=O)C(=O)OCc1ccccc1. The van der Waals surface area contributed by atoms with Crippen LogP contribution in [0.5, 0.6) is 0 Å². The van der Waals surface area contributed by atoms with E-state index < -0.39 is 35.5 Å². The second-order valence-electron chi connectivity index (χ2n) is 9.91. The Labute approximate surface area is 232 Å². The smallest absolute Gasteiger partial charge is 0.413 e. The summed E-state index contributed by atoms with van der Waals surface area (Å²) in [6.07, 6.45) is 0.521. The number of carbonyl (C=O) groups is 3. The van der Waals surface area contributed by atoms with Gasteiger partial charge in [-0.25, -0.2) is 19.2 Å². The molecule has 0 unspecified atom stereocenters. The van der Waals surface area contributed by atoms with Gasteiger partial charge in [-0.3, -0.25) is 9.88 Å². The van der Waals surface area contributed by atoms with Gasteiger partial charge in [-0.2, -0.15) is 4.98 Å². The number of alkyl carbamates (subject to hydrolysis) is 1. The van der Waals surface area contributed by atoms with E-state index in [0.717, 1.165) is 11.1 Å². The van der Waals surface area contributed by atoms with Crippen LogP contribution >= 0.6 is 0 Å². The van der Waals surface area contributed by atoms with Crippen molar-refractivity contribution in [2.75, 3.05) is 5.32 Å². The highest BCUT2D eigenvalue weighted by atomic mass is 16.6. The summed E-state index contributed by atoms with van der Waals surface area (Å²) in [6, 6.07) is 18.8. The third-order valence-corrected chi connectivity index (χ3v) is 5.41. The third-order valence-electron chi connectivity index (χ3n) is 5.41. The minimum atomic E-state index is -0.984.